The Balaban J connectivity index is 2.08. The van der Waals surface area contributed by atoms with E-state index in [2.05, 4.69) is 15.8 Å². The lowest BCUT2D eigenvalue weighted by molar-refractivity contribution is 0.0844. The van der Waals surface area contributed by atoms with Gasteiger partial charge >= 0.3 is 0 Å². The Bertz CT molecular complexity index is 760. The van der Waals surface area contributed by atoms with Gasteiger partial charge in [0.2, 0.25) is 0 Å². The molecule has 4 N–H and O–H groups in total. The summed E-state index contributed by atoms with van der Waals surface area (Å²) in [5, 5.41) is 9.86. The van der Waals surface area contributed by atoms with E-state index in [9.17, 15) is 14.7 Å². The van der Waals surface area contributed by atoms with Crippen molar-refractivity contribution in [2.45, 2.75) is 0 Å². The Morgan fingerprint density at radius 2 is 1.81 bits per heavy atom. The Kier molecular flexibility index (Phi) is 4.56. The van der Waals surface area contributed by atoms with Crippen LogP contribution in [-0.4, -0.2) is 21.9 Å². The molecule has 6 nitrogen and oxygen atoms in total. The number of hydrazine groups is 1. The van der Waals surface area contributed by atoms with E-state index in [1.54, 1.807) is 12.3 Å². The molecular weight excluding hydrogens is 314 g/mol. The van der Waals surface area contributed by atoms with Gasteiger partial charge in [0.25, 0.3) is 11.8 Å². The smallest absolute Gasteiger partial charge is 0.273 e. The Morgan fingerprint density at radius 1 is 1.14 bits per heavy atom. The quantitative estimate of drug-likeness (QED) is 0.503. The largest absolute Gasteiger partial charge is 0.507 e. The summed E-state index contributed by atoms with van der Waals surface area (Å²) in [5.41, 5.74) is 4.54. The van der Waals surface area contributed by atoms with E-state index in [1.807, 2.05) is 0 Å². The number of amides is 2. The fraction of sp³-hybridized carbons (Fsp3) is 0. The van der Waals surface area contributed by atoms with Crippen LogP contribution in [0.2, 0.25) is 5.02 Å². The van der Waals surface area contributed by atoms with Crippen LogP contribution in [0, 0.1) is 4.64 Å². The van der Waals surface area contributed by atoms with Gasteiger partial charge in [-0.25, -0.2) is 0 Å². The molecule has 0 fully saturated rings. The van der Waals surface area contributed by atoms with Gasteiger partial charge in [0, 0.05) is 11.2 Å². The number of pyridine rings is 1. The van der Waals surface area contributed by atoms with Gasteiger partial charge < -0.3 is 10.1 Å². The Hall–Kier alpha value is -2.38. The third-order valence-electron chi connectivity index (χ3n) is 2.56. The molecule has 1 aromatic heterocycles. The van der Waals surface area contributed by atoms with E-state index in [0.29, 0.717) is 0 Å². The first kappa shape index (κ1) is 15.0. The number of phenolic OH excluding ortho intramolecular Hbond substituents is 1. The molecule has 2 rings (SSSR count). The van der Waals surface area contributed by atoms with Gasteiger partial charge in [-0.1, -0.05) is 23.8 Å². The molecule has 8 heteroatoms. The zero-order chi connectivity index (χ0) is 15.4. The molecule has 0 aliphatic carbocycles. The van der Waals surface area contributed by atoms with Crippen LogP contribution in [0.3, 0.4) is 0 Å². The van der Waals surface area contributed by atoms with Crippen LogP contribution in [0.5, 0.6) is 5.75 Å². The van der Waals surface area contributed by atoms with E-state index >= 15 is 0 Å². The van der Waals surface area contributed by atoms with Crippen molar-refractivity contribution in [3.63, 3.8) is 0 Å². The molecule has 0 unspecified atom stereocenters. The standard InChI is InChI=1S/C13H10ClN3O3S/c14-7-3-4-10(18)9(6-7)12(20)17-16-11(19)8-2-1-5-15-13(8)21/h1-6,18H,(H,15,21)(H,16,19)(H,17,20). The minimum absolute atomic E-state index is 0.0546. The summed E-state index contributed by atoms with van der Waals surface area (Å²) >= 11 is 10.7. The molecule has 0 radical (unpaired) electrons. The molecule has 21 heavy (non-hydrogen) atoms. The highest BCUT2D eigenvalue weighted by atomic mass is 35.5. The van der Waals surface area contributed by atoms with Gasteiger partial charge in [-0.2, -0.15) is 0 Å². The second-order valence-corrected chi connectivity index (χ2v) is 4.83. The summed E-state index contributed by atoms with van der Waals surface area (Å²) in [6.07, 6.45) is 1.59. The predicted octanol–water partition coefficient (Wildman–Crippen LogP) is 2.18. The van der Waals surface area contributed by atoms with Gasteiger partial charge in [-0.05, 0) is 30.3 Å². The number of carbonyl (C=O) groups excluding carboxylic acids is 2. The van der Waals surface area contributed by atoms with E-state index < -0.39 is 11.8 Å². The molecule has 0 aliphatic rings. The van der Waals surface area contributed by atoms with Gasteiger partial charge in [-0.15, -0.1) is 0 Å². The fourth-order valence-electron chi connectivity index (χ4n) is 1.54. The van der Waals surface area contributed by atoms with Gasteiger partial charge in [0.15, 0.2) is 0 Å². The average Bonchev–Trinajstić information content (AvgIpc) is 2.47. The van der Waals surface area contributed by atoms with E-state index in [1.165, 1.54) is 24.3 Å². The maximum Gasteiger partial charge on any atom is 0.273 e. The summed E-state index contributed by atoms with van der Waals surface area (Å²) < 4.78 is 0.245. The highest BCUT2D eigenvalue weighted by Crippen LogP contribution is 2.20. The van der Waals surface area contributed by atoms with Crippen molar-refractivity contribution >= 4 is 35.6 Å². The maximum absolute atomic E-state index is 11.9. The lowest BCUT2D eigenvalue weighted by Crippen LogP contribution is -2.41. The lowest BCUT2D eigenvalue weighted by atomic mass is 10.2. The van der Waals surface area contributed by atoms with Crippen LogP contribution in [0.15, 0.2) is 36.5 Å². The number of halogens is 1. The zero-order valence-electron chi connectivity index (χ0n) is 10.5. The molecule has 2 amide bonds. The summed E-state index contributed by atoms with van der Waals surface area (Å²) in [7, 11) is 0. The van der Waals surface area contributed by atoms with Crippen LogP contribution < -0.4 is 10.9 Å². The highest BCUT2D eigenvalue weighted by Gasteiger charge is 2.13. The maximum atomic E-state index is 11.9. The zero-order valence-corrected chi connectivity index (χ0v) is 12.1. The number of benzene rings is 1. The normalized spacial score (nSPS) is 9.95. The minimum atomic E-state index is -0.700. The molecular formula is C13H10ClN3O3S. The summed E-state index contributed by atoms with van der Waals surface area (Å²) in [4.78, 5) is 26.4. The molecule has 0 saturated heterocycles. The molecule has 108 valence electrons. The second-order valence-electron chi connectivity index (χ2n) is 3.98. The minimum Gasteiger partial charge on any atom is -0.507 e. The molecule has 1 heterocycles. The number of carbonyl (C=O) groups is 2. The molecule has 0 spiro atoms. The van der Waals surface area contributed by atoms with Gasteiger partial charge in [-0.3, -0.25) is 20.4 Å². The first-order valence-electron chi connectivity index (χ1n) is 5.76. The lowest BCUT2D eigenvalue weighted by Gasteiger charge is -2.08. The van der Waals surface area contributed by atoms with Crippen molar-refractivity contribution < 1.29 is 14.7 Å². The molecule has 0 saturated carbocycles. The summed E-state index contributed by atoms with van der Waals surface area (Å²) in [5.74, 6) is -1.52. The molecule has 0 atom stereocenters. The number of phenols is 1. The molecule has 0 bridgehead atoms. The van der Waals surface area contributed by atoms with Crippen LogP contribution in [0.4, 0.5) is 0 Å². The second kappa shape index (κ2) is 6.38. The van der Waals surface area contributed by atoms with Crippen molar-refractivity contribution in [3.8, 4) is 5.75 Å². The van der Waals surface area contributed by atoms with Gasteiger partial charge in [0.05, 0.1) is 11.1 Å². The Morgan fingerprint density at radius 3 is 2.48 bits per heavy atom. The van der Waals surface area contributed by atoms with Crippen LogP contribution in [0.25, 0.3) is 0 Å². The first-order valence-corrected chi connectivity index (χ1v) is 6.54. The van der Waals surface area contributed by atoms with Crippen molar-refractivity contribution in [2.24, 2.45) is 0 Å². The molecule has 2 aromatic rings. The van der Waals surface area contributed by atoms with Gasteiger partial charge in [0.1, 0.15) is 10.4 Å². The van der Waals surface area contributed by atoms with Crippen LogP contribution in [-0.2, 0) is 0 Å². The van der Waals surface area contributed by atoms with E-state index in [0.717, 1.165) is 0 Å². The molecule has 0 aliphatic heterocycles. The molecule has 1 aromatic carbocycles. The third-order valence-corrected chi connectivity index (χ3v) is 3.13. The number of rotatable bonds is 2. The van der Waals surface area contributed by atoms with Crippen molar-refractivity contribution in [1.29, 1.82) is 0 Å². The summed E-state index contributed by atoms with van der Waals surface area (Å²) in [6.45, 7) is 0. The number of hydrogen-bond donors (Lipinski definition) is 4. The van der Waals surface area contributed by atoms with Crippen molar-refractivity contribution in [1.82, 2.24) is 15.8 Å². The average molecular weight is 324 g/mol. The first-order chi connectivity index (χ1) is 9.99. The number of nitrogens with one attached hydrogen (secondary N) is 3. The Labute approximate surface area is 129 Å². The van der Waals surface area contributed by atoms with Crippen molar-refractivity contribution in [3.05, 3.63) is 57.3 Å². The van der Waals surface area contributed by atoms with E-state index in [-0.39, 0.29) is 26.5 Å². The topological polar surface area (TPSA) is 94.2 Å². The monoisotopic (exact) mass is 323 g/mol. The predicted molar refractivity (Wildman–Crippen MR) is 79.7 cm³/mol. The number of aromatic nitrogens is 1. The number of aromatic amines is 1. The van der Waals surface area contributed by atoms with Crippen LogP contribution in [0.1, 0.15) is 20.7 Å². The van der Waals surface area contributed by atoms with Crippen LogP contribution >= 0.6 is 23.8 Å². The van der Waals surface area contributed by atoms with E-state index in [4.69, 9.17) is 23.8 Å². The fourth-order valence-corrected chi connectivity index (χ4v) is 1.94. The third kappa shape index (κ3) is 3.59. The summed E-state index contributed by atoms with van der Waals surface area (Å²) in [6, 6.07) is 7.13. The number of H-pyrrole nitrogens is 1. The van der Waals surface area contributed by atoms with Crippen molar-refractivity contribution in [2.75, 3.05) is 0 Å². The highest BCUT2D eigenvalue weighted by molar-refractivity contribution is 7.71. The number of hydrogen-bond acceptors (Lipinski definition) is 4. The number of aromatic hydroxyl groups is 1. The SMILES string of the molecule is O=C(NNC(=O)c1ccc[nH]c1=S)c1cc(Cl)ccc1O.